The van der Waals surface area contributed by atoms with Crippen LogP contribution >= 0.6 is 11.8 Å². The van der Waals surface area contributed by atoms with Crippen LogP contribution < -0.4 is 76.5 Å². The highest BCUT2D eigenvalue weighted by molar-refractivity contribution is 7.98. The second-order valence-electron chi connectivity index (χ2n) is 16.6. The van der Waals surface area contributed by atoms with Crippen LogP contribution in [0.1, 0.15) is 78.6 Å². The summed E-state index contributed by atoms with van der Waals surface area (Å²) in [5.74, 6) is -13.0. The lowest BCUT2D eigenvalue weighted by molar-refractivity contribution is -0.137. The van der Waals surface area contributed by atoms with Gasteiger partial charge in [0.1, 0.15) is 60.7 Å². The van der Waals surface area contributed by atoms with Gasteiger partial charge in [0.25, 0.3) is 0 Å². The van der Waals surface area contributed by atoms with Gasteiger partial charge in [0, 0.05) is 19.3 Å². The van der Waals surface area contributed by atoms with Gasteiger partial charge in [-0.3, -0.25) is 62.3 Å². The van der Waals surface area contributed by atoms with Crippen molar-refractivity contribution in [1.82, 2.24) is 47.9 Å². The van der Waals surface area contributed by atoms with Crippen LogP contribution in [0.5, 0.6) is 0 Å². The Morgan fingerprint density at radius 3 is 1.22 bits per heavy atom. The molecule has 31 heteroatoms. The van der Waals surface area contributed by atoms with Gasteiger partial charge in [-0.2, -0.15) is 11.8 Å². The number of rotatable bonds is 37. The fraction of sp³-hybridized carbons (Fsp3) is 0.659. The van der Waals surface area contributed by atoms with Gasteiger partial charge in [-0.15, -0.1) is 0 Å². The third-order valence-corrected chi connectivity index (χ3v) is 10.7. The minimum Gasteiger partial charge on any atom is -0.394 e. The Morgan fingerprint density at radius 1 is 0.472 bits per heavy atom. The molecular weight excluding hydrogens is 977 g/mol. The fourth-order valence-corrected chi connectivity index (χ4v) is 6.65. The van der Waals surface area contributed by atoms with Crippen molar-refractivity contribution >= 4 is 94.8 Å². The van der Waals surface area contributed by atoms with Crippen molar-refractivity contribution in [3.05, 3.63) is 0 Å². The van der Waals surface area contributed by atoms with E-state index in [2.05, 4.69) is 47.9 Å². The fourth-order valence-electron chi connectivity index (χ4n) is 6.18. The van der Waals surface area contributed by atoms with E-state index in [4.69, 9.17) is 28.7 Å². The first-order valence-corrected chi connectivity index (χ1v) is 23.8. The average Bonchev–Trinajstić information content (AvgIpc) is 3.30. The summed E-state index contributed by atoms with van der Waals surface area (Å²) in [6.45, 7) is 2.41. The molecule has 0 unspecified atom stereocenters. The molecular formula is C41H70N14O16S. The molecule has 0 spiro atoms. The monoisotopic (exact) mass is 1050 g/mol. The number of carbonyl (C=O) groups excluding carboxylic acids is 14. The van der Waals surface area contributed by atoms with Crippen molar-refractivity contribution in [2.75, 3.05) is 31.8 Å². The average molecular weight is 1050 g/mol. The zero-order valence-electron chi connectivity index (χ0n) is 40.4. The van der Waals surface area contributed by atoms with E-state index in [9.17, 15) is 77.3 Å². The molecule has 0 aromatic carbocycles. The number of nitrogens with one attached hydrogen (secondary N) is 9. The van der Waals surface area contributed by atoms with Crippen LogP contribution in [0.2, 0.25) is 0 Å². The van der Waals surface area contributed by atoms with Gasteiger partial charge in [0.15, 0.2) is 0 Å². The third kappa shape index (κ3) is 26.3. The number of aliphatic hydroxyl groups is 2. The lowest BCUT2D eigenvalue weighted by atomic mass is 10.0. The van der Waals surface area contributed by atoms with E-state index in [1.807, 2.05) is 0 Å². The molecule has 0 aromatic heterocycles. The van der Waals surface area contributed by atoms with Gasteiger partial charge < -0.3 is 91.5 Å². The highest BCUT2D eigenvalue weighted by Crippen LogP contribution is 2.10. The summed E-state index contributed by atoms with van der Waals surface area (Å²) in [7, 11) is 0. The van der Waals surface area contributed by atoms with E-state index in [0.717, 1.165) is 0 Å². The highest BCUT2D eigenvalue weighted by Gasteiger charge is 2.35. The van der Waals surface area contributed by atoms with Gasteiger partial charge in [0.2, 0.25) is 76.8 Å². The maximum absolute atomic E-state index is 13.8. The zero-order chi connectivity index (χ0) is 55.2. The zero-order valence-corrected chi connectivity index (χ0v) is 41.3. The molecule has 0 fully saturated rings. The third-order valence-electron chi connectivity index (χ3n) is 10.0. The van der Waals surface area contributed by atoms with E-state index in [0.29, 0.717) is 5.75 Å². The Kier molecular flexibility index (Phi) is 31.0. The van der Waals surface area contributed by atoms with Gasteiger partial charge in [0.05, 0.1) is 26.2 Å². The molecule has 0 aromatic rings. The molecule has 0 rings (SSSR count). The molecule has 0 bridgehead atoms. The second-order valence-corrected chi connectivity index (χ2v) is 17.6. The molecule has 72 heavy (non-hydrogen) atoms. The van der Waals surface area contributed by atoms with Crippen molar-refractivity contribution < 1.29 is 77.3 Å². The topological polar surface area (TPSA) is 518 Å². The van der Waals surface area contributed by atoms with E-state index < -0.39 is 196 Å². The van der Waals surface area contributed by atoms with Crippen LogP contribution in [0.15, 0.2) is 0 Å². The molecule has 0 saturated heterocycles. The van der Waals surface area contributed by atoms with Crippen LogP contribution in [-0.4, -0.2) is 179 Å². The Labute approximate surface area is 418 Å². The standard InChI is InChI=1S/C41H70N14O16S/c1-19(2)13-26(53-38(68)25(11-12-72-4)49-33(63)15-42)39(69)47-20(3)34(64)55-28(18-58)41(71)52-23(6-9-30(44)60)36(66)50-24(7-10-31(45)61)37(67)54-27(14-32(46)62)40(70)51-22(5-8-29(43)59)35(65)48-21(16-56)17-57/h16,19-28,57-58H,5-15,17-18,42H2,1-4H3,(H2,43,59)(H2,44,60)(H2,45,61)(H2,46,62)(H,47,69)(H,48,65)(H,49,63)(H,50,66)(H,51,70)(H,52,71)(H,53,68)(H,54,67)(H,55,64)/t20-,21+,22-,23-,24-,25-,26-,27-,28-/m0/s1. The smallest absolute Gasteiger partial charge is 0.245 e. The number of primary amides is 4. The minimum absolute atomic E-state index is 0.0915. The molecule has 0 heterocycles. The van der Waals surface area contributed by atoms with E-state index >= 15 is 0 Å². The predicted octanol–water partition coefficient (Wildman–Crippen LogP) is -9.02. The van der Waals surface area contributed by atoms with Gasteiger partial charge in [-0.05, 0) is 57.0 Å². The Balaban J connectivity index is 6.44. The van der Waals surface area contributed by atoms with Gasteiger partial charge in [-0.1, -0.05) is 13.8 Å². The maximum Gasteiger partial charge on any atom is 0.245 e. The molecule has 21 N–H and O–H groups in total. The highest BCUT2D eigenvalue weighted by atomic mass is 32.2. The first kappa shape index (κ1) is 65.0. The normalized spacial score (nSPS) is 14.6. The molecule has 0 aliphatic heterocycles. The Bertz CT molecular complexity index is 1940. The number of carbonyl (C=O) groups is 14. The van der Waals surface area contributed by atoms with E-state index in [1.165, 1.54) is 18.7 Å². The lowest BCUT2D eigenvalue weighted by Gasteiger charge is -2.27. The molecule has 0 aliphatic rings. The number of amides is 13. The van der Waals surface area contributed by atoms with Crippen LogP contribution in [0, 0.1) is 5.92 Å². The first-order chi connectivity index (χ1) is 33.7. The van der Waals surface area contributed by atoms with Gasteiger partial charge >= 0.3 is 0 Å². The summed E-state index contributed by atoms with van der Waals surface area (Å²) < 4.78 is 0. The lowest BCUT2D eigenvalue weighted by Crippen LogP contribution is -2.61. The number of aldehydes is 1. The van der Waals surface area contributed by atoms with E-state index in [-0.39, 0.29) is 25.0 Å². The first-order valence-electron chi connectivity index (χ1n) is 22.4. The van der Waals surface area contributed by atoms with Crippen LogP contribution in [0.3, 0.4) is 0 Å². The minimum atomic E-state index is -1.92. The molecule has 406 valence electrons. The van der Waals surface area contributed by atoms with Crippen molar-refractivity contribution in [2.45, 2.75) is 133 Å². The van der Waals surface area contributed by atoms with Crippen LogP contribution in [0.25, 0.3) is 0 Å². The summed E-state index contributed by atoms with van der Waals surface area (Å²) >= 11 is 1.41. The number of nitrogens with two attached hydrogens (primary N) is 5. The molecule has 0 saturated carbocycles. The largest absolute Gasteiger partial charge is 0.394 e. The second kappa shape index (κ2) is 34.4. The molecule has 30 nitrogen and oxygen atoms in total. The summed E-state index contributed by atoms with van der Waals surface area (Å²) in [5.41, 5.74) is 26.4. The van der Waals surface area contributed by atoms with Crippen molar-refractivity contribution in [3.63, 3.8) is 0 Å². The van der Waals surface area contributed by atoms with Crippen molar-refractivity contribution in [3.8, 4) is 0 Å². The molecule has 13 amide bonds. The quantitative estimate of drug-likeness (QED) is 0.0257. The van der Waals surface area contributed by atoms with Crippen LogP contribution in [-0.2, 0) is 67.1 Å². The summed E-state index contributed by atoms with van der Waals surface area (Å²) in [5, 5.41) is 40.0. The summed E-state index contributed by atoms with van der Waals surface area (Å²) in [6.07, 6.45) is -1.94. The maximum atomic E-state index is 13.8. The Morgan fingerprint density at radius 2 is 0.847 bits per heavy atom. The number of hydrogen-bond donors (Lipinski definition) is 16. The van der Waals surface area contributed by atoms with Crippen LogP contribution in [0.4, 0.5) is 0 Å². The van der Waals surface area contributed by atoms with Gasteiger partial charge in [-0.25, -0.2) is 0 Å². The van der Waals surface area contributed by atoms with Crippen molar-refractivity contribution in [2.24, 2.45) is 34.6 Å². The summed E-state index contributed by atoms with van der Waals surface area (Å²) in [4.78, 5) is 178. The predicted molar refractivity (Wildman–Crippen MR) is 254 cm³/mol. The Hall–Kier alpha value is -6.99. The molecule has 0 aliphatic carbocycles. The van der Waals surface area contributed by atoms with Crippen molar-refractivity contribution in [1.29, 1.82) is 0 Å². The number of aliphatic hydroxyl groups excluding tert-OH is 2. The number of thioether (sulfide) groups is 1. The summed E-state index contributed by atoms with van der Waals surface area (Å²) in [6, 6.07) is -14.1. The molecule has 9 atom stereocenters. The van der Waals surface area contributed by atoms with E-state index in [1.54, 1.807) is 20.1 Å². The molecule has 0 radical (unpaired) electrons. The number of hydrogen-bond acceptors (Lipinski definition) is 18. The SMILES string of the molecule is CSCC[C@H](NC(=O)CN)C(=O)N[C@@H](CC(C)C)C(=O)N[C@@H](C)C(=O)N[C@@H](CO)C(=O)N[C@@H](CCC(N)=O)C(=O)N[C@@H](CCC(N)=O)C(=O)N[C@@H](CC(N)=O)C(=O)N[C@@H](CCC(N)=O)C(=O)N[C@H](C=O)CO.